The standard InChI is InChI=1S/C15H21N3/c1-11-10-17-15(18-11)16-9-8-13-7-6-12-4-2-3-5-14(12)13/h2-5,11,13H,6-10H2,1H3,(H2,16,17,18). The normalized spacial score (nSPS) is 25.5. The number of guanidine groups is 1. The number of rotatable bonds is 3. The first kappa shape index (κ1) is 11.6. The van der Waals surface area contributed by atoms with Gasteiger partial charge in [0, 0.05) is 12.6 Å². The van der Waals surface area contributed by atoms with E-state index in [0.29, 0.717) is 6.04 Å². The van der Waals surface area contributed by atoms with Crippen molar-refractivity contribution in [3.05, 3.63) is 35.4 Å². The van der Waals surface area contributed by atoms with E-state index in [1.54, 1.807) is 11.1 Å². The zero-order valence-electron chi connectivity index (χ0n) is 10.9. The molecule has 1 aliphatic carbocycles. The summed E-state index contributed by atoms with van der Waals surface area (Å²) in [6.07, 6.45) is 3.75. The molecule has 18 heavy (non-hydrogen) atoms. The lowest BCUT2D eigenvalue weighted by Crippen LogP contribution is -2.38. The smallest absolute Gasteiger partial charge is 0.191 e. The Morgan fingerprint density at radius 3 is 3.11 bits per heavy atom. The second-order valence-corrected chi connectivity index (χ2v) is 5.38. The molecule has 0 radical (unpaired) electrons. The molecule has 2 aliphatic rings. The third-order valence-corrected chi connectivity index (χ3v) is 3.95. The topological polar surface area (TPSA) is 36.4 Å². The van der Waals surface area contributed by atoms with Crippen molar-refractivity contribution in [1.82, 2.24) is 10.6 Å². The van der Waals surface area contributed by atoms with Crippen molar-refractivity contribution in [3.8, 4) is 0 Å². The maximum Gasteiger partial charge on any atom is 0.191 e. The van der Waals surface area contributed by atoms with Gasteiger partial charge in [-0.3, -0.25) is 4.99 Å². The van der Waals surface area contributed by atoms with E-state index < -0.39 is 0 Å². The van der Waals surface area contributed by atoms with E-state index in [1.165, 1.54) is 19.3 Å². The summed E-state index contributed by atoms with van der Waals surface area (Å²) in [5.74, 6) is 1.71. The molecular weight excluding hydrogens is 222 g/mol. The van der Waals surface area contributed by atoms with E-state index in [0.717, 1.165) is 25.0 Å². The highest BCUT2D eigenvalue weighted by Crippen LogP contribution is 2.34. The fraction of sp³-hybridized carbons (Fsp3) is 0.533. The monoisotopic (exact) mass is 243 g/mol. The number of nitrogens with zero attached hydrogens (tertiary/aromatic N) is 1. The van der Waals surface area contributed by atoms with Crippen LogP contribution in [0.3, 0.4) is 0 Å². The van der Waals surface area contributed by atoms with E-state index in [-0.39, 0.29) is 0 Å². The van der Waals surface area contributed by atoms with E-state index >= 15 is 0 Å². The molecule has 0 fully saturated rings. The molecule has 2 atom stereocenters. The molecule has 0 saturated heterocycles. The highest BCUT2D eigenvalue weighted by molar-refractivity contribution is 5.81. The number of benzene rings is 1. The first-order valence-electron chi connectivity index (χ1n) is 6.95. The Morgan fingerprint density at radius 2 is 2.28 bits per heavy atom. The first-order valence-corrected chi connectivity index (χ1v) is 6.95. The maximum absolute atomic E-state index is 4.42. The summed E-state index contributed by atoms with van der Waals surface area (Å²) in [5.41, 5.74) is 3.11. The van der Waals surface area contributed by atoms with Gasteiger partial charge in [-0.1, -0.05) is 24.3 Å². The van der Waals surface area contributed by atoms with Gasteiger partial charge in [-0.2, -0.15) is 0 Å². The third kappa shape index (κ3) is 2.35. The predicted molar refractivity (Wildman–Crippen MR) is 75.0 cm³/mol. The molecule has 0 amide bonds. The highest BCUT2D eigenvalue weighted by atomic mass is 15.2. The average Bonchev–Trinajstić information content (AvgIpc) is 2.97. The van der Waals surface area contributed by atoms with E-state index in [4.69, 9.17) is 0 Å². The molecule has 0 spiro atoms. The second kappa shape index (κ2) is 5.01. The molecule has 1 heterocycles. The van der Waals surface area contributed by atoms with Crippen LogP contribution in [0.1, 0.15) is 36.8 Å². The van der Waals surface area contributed by atoms with Crippen molar-refractivity contribution < 1.29 is 0 Å². The summed E-state index contributed by atoms with van der Waals surface area (Å²) >= 11 is 0. The molecule has 2 unspecified atom stereocenters. The molecule has 0 bridgehead atoms. The number of fused-ring (bicyclic) bond motifs is 1. The van der Waals surface area contributed by atoms with Gasteiger partial charge in [-0.15, -0.1) is 0 Å². The van der Waals surface area contributed by atoms with Crippen molar-refractivity contribution in [3.63, 3.8) is 0 Å². The molecule has 1 aromatic rings. The van der Waals surface area contributed by atoms with Crippen molar-refractivity contribution >= 4 is 5.96 Å². The third-order valence-electron chi connectivity index (χ3n) is 3.95. The average molecular weight is 243 g/mol. The lowest BCUT2D eigenvalue weighted by atomic mass is 9.98. The SMILES string of the molecule is CC1CN=C(NCCC2CCc3ccccc32)N1. The molecule has 0 aromatic heterocycles. The van der Waals surface area contributed by atoms with Crippen LogP contribution in [0.5, 0.6) is 0 Å². The molecule has 3 rings (SSSR count). The summed E-state index contributed by atoms with van der Waals surface area (Å²) < 4.78 is 0. The largest absolute Gasteiger partial charge is 0.356 e. The van der Waals surface area contributed by atoms with Gasteiger partial charge < -0.3 is 10.6 Å². The summed E-state index contributed by atoms with van der Waals surface area (Å²) in [4.78, 5) is 4.42. The fourth-order valence-electron chi connectivity index (χ4n) is 2.97. The number of nitrogens with one attached hydrogen (secondary N) is 2. The van der Waals surface area contributed by atoms with Crippen LogP contribution in [-0.2, 0) is 6.42 Å². The van der Waals surface area contributed by atoms with Crippen molar-refractivity contribution in [2.24, 2.45) is 4.99 Å². The number of hydrogen-bond donors (Lipinski definition) is 2. The molecule has 3 heteroatoms. The van der Waals surface area contributed by atoms with Crippen molar-refractivity contribution in [2.45, 2.75) is 38.1 Å². The fourth-order valence-corrected chi connectivity index (χ4v) is 2.97. The lowest BCUT2D eigenvalue weighted by molar-refractivity contribution is 0.604. The summed E-state index contributed by atoms with van der Waals surface area (Å²) in [6, 6.07) is 9.36. The molecule has 2 N–H and O–H groups in total. The van der Waals surface area contributed by atoms with Gasteiger partial charge in [0.25, 0.3) is 0 Å². The van der Waals surface area contributed by atoms with Crippen molar-refractivity contribution in [2.75, 3.05) is 13.1 Å². The van der Waals surface area contributed by atoms with Crippen LogP contribution in [0.4, 0.5) is 0 Å². The van der Waals surface area contributed by atoms with Crippen LogP contribution in [0.25, 0.3) is 0 Å². The Morgan fingerprint density at radius 1 is 1.39 bits per heavy atom. The summed E-state index contributed by atoms with van der Waals surface area (Å²) in [5, 5.41) is 6.75. The minimum atomic E-state index is 0.486. The van der Waals surface area contributed by atoms with Gasteiger partial charge in [0.2, 0.25) is 0 Å². The predicted octanol–water partition coefficient (Wildman–Crippen LogP) is 2.04. The van der Waals surface area contributed by atoms with Gasteiger partial charge in [-0.05, 0) is 43.2 Å². The minimum absolute atomic E-state index is 0.486. The van der Waals surface area contributed by atoms with Crippen LogP contribution >= 0.6 is 0 Å². The highest BCUT2D eigenvalue weighted by Gasteiger charge is 2.21. The van der Waals surface area contributed by atoms with Gasteiger partial charge >= 0.3 is 0 Å². The molecule has 0 saturated carbocycles. The Balaban J connectivity index is 1.50. The van der Waals surface area contributed by atoms with Gasteiger partial charge in [0.15, 0.2) is 5.96 Å². The van der Waals surface area contributed by atoms with Crippen LogP contribution in [-0.4, -0.2) is 25.1 Å². The molecule has 3 nitrogen and oxygen atoms in total. The number of aliphatic imine (C=N–C) groups is 1. The van der Waals surface area contributed by atoms with E-state index in [2.05, 4.69) is 46.8 Å². The maximum atomic E-state index is 4.42. The van der Waals surface area contributed by atoms with E-state index in [1.807, 2.05) is 0 Å². The zero-order valence-corrected chi connectivity index (χ0v) is 10.9. The molecule has 1 aliphatic heterocycles. The van der Waals surface area contributed by atoms with Crippen molar-refractivity contribution in [1.29, 1.82) is 0 Å². The summed E-state index contributed by atoms with van der Waals surface area (Å²) in [6.45, 7) is 4.07. The number of aryl methyl sites for hydroxylation is 1. The van der Waals surface area contributed by atoms with Gasteiger partial charge in [0.1, 0.15) is 0 Å². The molecule has 96 valence electrons. The number of hydrogen-bond acceptors (Lipinski definition) is 3. The summed E-state index contributed by atoms with van der Waals surface area (Å²) in [7, 11) is 0. The zero-order chi connectivity index (χ0) is 12.4. The Bertz CT molecular complexity index is 453. The van der Waals surface area contributed by atoms with Crippen LogP contribution in [0, 0.1) is 0 Å². The quantitative estimate of drug-likeness (QED) is 0.852. The van der Waals surface area contributed by atoms with Gasteiger partial charge in [0.05, 0.1) is 6.54 Å². The van der Waals surface area contributed by atoms with Gasteiger partial charge in [-0.25, -0.2) is 0 Å². The van der Waals surface area contributed by atoms with Crippen LogP contribution in [0.2, 0.25) is 0 Å². The molecular formula is C15H21N3. The lowest BCUT2D eigenvalue weighted by Gasteiger charge is -2.13. The Kier molecular flexibility index (Phi) is 3.22. The Labute approximate surface area is 109 Å². The minimum Gasteiger partial charge on any atom is -0.356 e. The van der Waals surface area contributed by atoms with E-state index in [9.17, 15) is 0 Å². The van der Waals surface area contributed by atoms with Crippen LogP contribution < -0.4 is 10.6 Å². The Hall–Kier alpha value is -1.51. The second-order valence-electron chi connectivity index (χ2n) is 5.38. The van der Waals surface area contributed by atoms with Crippen LogP contribution in [0.15, 0.2) is 29.3 Å². The first-order chi connectivity index (χ1) is 8.83. The molecule has 1 aromatic carbocycles.